The summed E-state index contributed by atoms with van der Waals surface area (Å²) >= 11 is 1.73. The summed E-state index contributed by atoms with van der Waals surface area (Å²) in [6, 6.07) is 0.0904. The van der Waals surface area contributed by atoms with E-state index in [0.717, 1.165) is 36.6 Å². The van der Waals surface area contributed by atoms with Gasteiger partial charge in [-0.3, -0.25) is 0 Å². The quantitative estimate of drug-likeness (QED) is 0.861. The van der Waals surface area contributed by atoms with E-state index in [2.05, 4.69) is 11.9 Å². The molecule has 3 nitrogen and oxygen atoms in total. The third-order valence-electron chi connectivity index (χ3n) is 2.70. The number of nitrogens with two attached hydrogens (primary N) is 1. The minimum absolute atomic E-state index is 0.0904. The van der Waals surface area contributed by atoms with Gasteiger partial charge in [0.25, 0.3) is 0 Å². The van der Waals surface area contributed by atoms with E-state index in [1.807, 2.05) is 6.92 Å². The van der Waals surface area contributed by atoms with Gasteiger partial charge in [-0.05, 0) is 26.2 Å². The summed E-state index contributed by atoms with van der Waals surface area (Å²) < 4.78 is 5.64. The van der Waals surface area contributed by atoms with Crippen LogP contribution in [0.4, 0.5) is 0 Å². The Balaban J connectivity index is 2.25. The summed E-state index contributed by atoms with van der Waals surface area (Å²) in [4.78, 5) is 5.87. The summed E-state index contributed by atoms with van der Waals surface area (Å²) in [5.74, 6) is 0. The monoisotopic (exact) mass is 226 g/mol. The molecular weight excluding hydrogens is 208 g/mol. The summed E-state index contributed by atoms with van der Waals surface area (Å²) in [7, 11) is 0. The standard InChI is InChI=1S/C11H18N2OS/c1-3-8-10(7(2)12)15-11(13-8)9-5-4-6-14-9/h7,9H,3-6,12H2,1-2H3. The van der Waals surface area contributed by atoms with Crippen LogP contribution in [0, 0.1) is 0 Å². The molecule has 2 heterocycles. The van der Waals surface area contributed by atoms with Gasteiger partial charge in [0.05, 0.1) is 5.69 Å². The van der Waals surface area contributed by atoms with Crippen molar-refractivity contribution < 1.29 is 4.74 Å². The summed E-state index contributed by atoms with van der Waals surface area (Å²) in [6.45, 7) is 5.02. The number of thiazole rings is 1. The lowest BCUT2D eigenvalue weighted by Gasteiger charge is -2.03. The molecule has 1 aliphatic rings. The number of nitrogens with zero attached hydrogens (tertiary/aromatic N) is 1. The van der Waals surface area contributed by atoms with Crippen LogP contribution in [0.25, 0.3) is 0 Å². The molecule has 1 saturated heterocycles. The van der Waals surface area contributed by atoms with Crippen molar-refractivity contribution in [3.05, 3.63) is 15.6 Å². The maximum atomic E-state index is 5.93. The van der Waals surface area contributed by atoms with E-state index in [-0.39, 0.29) is 12.1 Å². The van der Waals surface area contributed by atoms with Crippen LogP contribution in [0.2, 0.25) is 0 Å². The second-order valence-electron chi connectivity index (χ2n) is 4.01. The Hall–Kier alpha value is -0.450. The number of ether oxygens (including phenoxy) is 1. The largest absolute Gasteiger partial charge is 0.371 e. The topological polar surface area (TPSA) is 48.1 Å². The highest BCUT2D eigenvalue weighted by Gasteiger charge is 2.23. The SMILES string of the molecule is CCc1nc(C2CCCO2)sc1C(C)N. The van der Waals surface area contributed by atoms with Crippen molar-refractivity contribution in [2.24, 2.45) is 5.73 Å². The minimum Gasteiger partial charge on any atom is -0.371 e. The van der Waals surface area contributed by atoms with Gasteiger partial charge in [0.1, 0.15) is 11.1 Å². The zero-order valence-electron chi connectivity index (χ0n) is 9.32. The molecule has 1 aliphatic heterocycles. The van der Waals surface area contributed by atoms with Crippen LogP contribution in [0.1, 0.15) is 54.4 Å². The normalized spacial score (nSPS) is 23.3. The molecule has 2 unspecified atom stereocenters. The fourth-order valence-corrected chi connectivity index (χ4v) is 3.09. The van der Waals surface area contributed by atoms with E-state index in [0.29, 0.717) is 0 Å². The predicted octanol–water partition coefficient (Wildman–Crippen LogP) is 2.58. The number of hydrogen-bond acceptors (Lipinski definition) is 4. The van der Waals surface area contributed by atoms with Crippen LogP contribution in [0.3, 0.4) is 0 Å². The Labute approximate surface area is 94.7 Å². The van der Waals surface area contributed by atoms with Crippen LogP contribution < -0.4 is 5.73 Å². The minimum atomic E-state index is 0.0904. The first kappa shape index (κ1) is 11.0. The first-order valence-electron chi connectivity index (χ1n) is 5.59. The Bertz CT molecular complexity index is 329. The average molecular weight is 226 g/mol. The fraction of sp³-hybridized carbons (Fsp3) is 0.727. The molecule has 4 heteroatoms. The molecule has 0 saturated carbocycles. The Kier molecular flexibility index (Phi) is 3.38. The molecule has 2 atom stereocenters. The Morgan fingerprint density at radius 3 is 2.93 bits per heavy atom. The van der Waals surface area contributed by atoms with Crippen LogP contribution in [-0.4, -0.2) is 11.6 Å². The van der Waals surface area contributed by atoms with Crippen LogP contribution in [-0.2, 0) is 11.2 Å². The second-order valence-corrected chi connectivity index (χ2v) is 5.07. The summed E-state index contributed by atoms with van der Waals surface area (Å²) in [5, 5.41) is 1.12. The molecule has 2 N–H and O–H groups in total. The van der Waals surface area contributed by atoms with Gasteiger partial charge in [0.15, 0.2) is 0 Å². The molecule has 0 bridgehead atoms. The van der Waals surface area contributed by atoms with E-state index in [4.69, 9.17) is 10.5 Å². The van der Waals surface area contributed by atoms with Crippen LogP contribution >= 0.6 is 11.3 Å². The molecule has 0 spiro atoms. The first-order valence-corrected chi connectivity index (χ1v) is 6.40. The molecule has 1 fully saturated rings. The van der Waals surface area contributed by atoms with Gasteiger partial charge >= 0.3 is 0 Å². The number of hydrogen-bond donors (Lipinski definition) is 1. The van der Waals surface area contributed by atoms with Crippen LogP contribution in [0.5, 0.6) is 0 Å². The smallest absolute Gasteiger partial charge is 0.122 e. The zero-order chi connectivity index (χ0) is 10.8. The zero-order valence-corrected chi connectivity index (χ0v) is 10.1. The molecule has 1 aromatic heterocycles. The molecule has 84 valence electrons. The molecule has 0 aromatic carbocycles. The average Bonchev–Trinajstić information content (AvgIpc) is 2.86. The highest BCUT2D eigenvalue weighted by Crippen LogP contribution is 2.34. The van der Waals surface area contributed by atoms with Crippen molar-refractivity contribution in [1.82, 2.24) is 4.98 Å². The fourth-order valence-electron chi connectivity index (χ4n) is 1.90. The molecule has 2 rings (SSSR count). The van der Waals surface area contributed by atoms with E-state index in [1.54, 1.807) is 11.3 Å². The summed E-state index contributed by atoms with van der Waals surface area (Å²) in [6.07, 6.45) is 3.45. The number of rotatable bonds is 3. The van der Waals surface area contributed by atoms with Gasteiger partial charge in [0.2, 0.25) is 0 Å². The van der Waals surface area contributed by atoms with Crippen molar-refractivity contribution in [3.63, 3.8) is 0 Å². The number of aromatic nitrogens is 1. The maximum absolute atomic E-state index is 5.93. The van der Waals surface area contributed by atoms with Gasteiger partial charge in [-0.2, -0.15) is 0 Å². The molecule has 0 radical (unpaired) electrons. The molecule has 0 aliphatic carbocycles. The van der Waals surface area contributed by atoms with E-state index in [1.165, 1.54) is 4.88 Å². The van der Waals surface area contributed by atoms with Crippen molar-refractivity contribution in [3.8, 4) is 0 Å². The van der Waals surface area contributed by atoms with Gasteiger partial charge in [-0.25, -0.2) is 4.98 Å². The lowest BCUT2D eigenvalue weighted by molar-refractivity contribution is 0.111. The molecule has 1 aromatic rings. The van der Waals surface area contributed by atoms with Gasteiger partial charge in [-0.1, -0.05) is 6.92 Å². The molecular formula is C11H18N2OS. The summed E-state index contributed by atoms with van der Waals surface area (Å²) in [5.41, 5.74) is 7.08. The van der Waals surface area contributed by atoms with Crippen molar-refractivity contribution in [1.29, 1.82) is 0 Å². The lowest BCUT2D eigenvalue weighted by atomic mass is 10.2. The van der Waals surface area contributed by atoms with Crippen molar-refractivity contribution in [2.45, 2.75) is 45.3 Å². The van der Waals surface area contributed by atoms with Crippen molar-refractivity contribution >= 4 is 11.3 Å². The third-order valence-corrected chi connectivity index (χ3v) is 4.09. The lowest BCUT2D eigenvalue weighted by Crippen LogP contribution is -2.05. The highest BCUT2D eigenvalue weighted by atomic mass is 32.1. The second kappa shape index (κ2) is 4.60. The third kappa shape index (κ3) is 2.22. The number of aryl methyl sites for hydroxylation is 1. The van der Waals surface area contributed by atoms with Gasteiger partial charge in [0, 0.05) is 17.5 Å². The maximum Gasteiger partial charge on any atom is 0.122 e. The Morgan fingerprint density at radius 2 is 2.47 bits per heavy atom. The van der Waals surface area contributed by atoms with E-state index in [9.17, 15) is 0 Å². The van der Waals surface area contributed by atoms with Crippen LogP contribution in [0.15, 0.2) is 0 Å². The molecule has 0 amide bonds. The van der Waals surface area contributed by atoms with E-state index >= 15 is 0 Å². The van der Waals surface area contributed by atoms with Crippen molar-refractivity contribution in [2.75, 3.05) is 6.61 Å². The Morgan fingerprint density at radius 1 is 1.67 bits per heavy atom. The van der Waals surface area contributed by atoms with E-state index < -0.39 is 0 Å². The van der Waals surface area contributed by atoms with Gasteiger partial charge < -0.3 is 10.5 Å². The predicted molar refractivity (Wildman–Crippen MR) is 62.0 cm³/mol. The molecule has 15 heavy (non-hydrogen) atoms. The first-order chi connectivity index (χ1) is 7.22. The highest BCUT2D eigenvalue weighted by molar-refractivity contribution is 7.11. The van der Waals surface area contributed by atoms with Gasteiger partial charge in [-0.15, -0.1) is 11.3 Å².